The van der Waals surface area contributed by atoms with Crippen molar-refractivity contribution in [1.82, 2.24) is 14.9 Å². The quantitative estimate of drug-likeness (QED) is 0.677. The number of hydrogen-bond acceptors (Lipinski definition) is 4. The molecule has 1 N–H and O–H groups in total. The third-order valence-electron chi connectivity index (χ3n) is 3.70. The number of hydrogen-bond donors (Lipinski definition) is 1. The molecule has 1 aliphatic rings. The van der Waals surface area contributed by atoms with Crippen molar-refractivity contribution in [2.75, 3.05) is 18.4 Å². The number of nitrogens with one attached hydrogen (secondary N) is 1. The molecular weight excluding hydrogens is 323 g/mol. The summed E-state index contributed by atoms with van der Waals surface area (Å²) in [5, 5.41) is 2.68. The Morgan fingerprint density at radius 3 is 2.52 bits per heavy atom. The Balaban J connectivity index is 2.00. The van der Waals surface area contributed by atoms with Gasteiger partial charge in [0.05, 0.1) is 18.2 Å². The van der Waals surface area contributed by atoms with Crippen molar-refractivity contribution in [3.8, 4) is 0 Å². The molecule has 128 valence electrons. The molecule has 1 fully saturated rings. The van der Waals surface area contributed by atoms with Crippen molar-refractivity contribution in [1.29, 1.82) is 0 Å². The summed E-state index contributed by atoms with van der Waals surface area (Å²) in [6.07, 6.45) is -3.28. The van der Waals surface area contributed by atoms with Gasteiger partial charge in [0, 0.05) is 25.4 Å². The van der Waals surface area contributed by atoms with Crippen LogP contribution in [0.4, 0.5) is 27.9 Å². The number of carbonyl (C=O) groups is 1. The van der Waals surface area contributed by atoms with Gasteiger partial charge >= 0.3 is 6.18 Å². The number of nitrogens with zero attached hydrogens (tertiary/aromatic N) is 3. The van der Waals surface area contributed by atoms with E-state index in [1.165, 1.54) is 0 Å². The molecule has 2 rings (SSSR count). The number of halogens is 5. The van der Waals surface area contributed by atoms with Crippen LogP contribution in [0.5, 0.6) is 0 Å². The van der Waals surface area contributed by atoms with E-state index in [4.69, 9.17) is 0 Å². The lowest BCUT2D eigenvalue weighted by Gasteiger charge is -2.41. The predicted octanol–water partition coefficient (Wildman–Crippen LogP) is 2.41. The first-order valence-corrected chi connectivity index (χ1v) is 6.84. The highest BCUT2D eigenvalue weighted by atomic mass is 19.4. The second-order valence-electron chi connectivity index (χ2n) is 5.56. The molecule has 1 aromatic rings. The second-order valence-corrected chi connectivity index (χ2v) is 5.56. The number of alkyl halides is 5. The van der Waals surface area contributed by atoms with E-state index in [0.717, 1.165) is 4.90 Å². The molecule has 0 radical (unpaired) electrons. The van der Waals surface area contributed by atoms with Gasteiger partial charge in [0.1, 0.15) is 0 Å². The fourth-order valence-corrected chi connectivity index (χ4v) is 2.58. The molecule has 1 amide bonds. The van der Waals surface area contributed by atoms with Crippen molar-refractivity contribution in [2.24, 2.45) is 5.92 Å². The minimum absolute atomic E-state index is 0.0617. The maximum Gasteiger partial charge on any atom is 0.419 e. The Bertz CT molecular complexity index is 548. The van der Waals surface area contributed by atoms with E-state index in [-0.39, 0.29) is 18.9 Å². The molecule has 1 aromatic heterocycles. The monoisotopic (exact) mass is 338 g/mol. The Hall–Kier alpha value is -2.00. The average Bonchev–Trinajstić information content (AvgIpc) is 2.44. The Morgan fingerprint density at radius 1 is 1.39 bits per heavy atom. The Kier molecular flexibility index (Phi) is 4.71. The van der Waals surface area contributed by atoms with Crippen LogP contribution in [-0.4, -0.2) is 46.3 Å². The Labute approximate surface area is 128 Å². The maximum absolute atomic E-state index is 13.4. The summed E-state index contributed by atoms with van der Waals surface area (Å²) in [4.78, 5) is 19.0. The first-order valence-electron chi connectivity index (χ1n) is 6.84. The maximum atomic E-state index is 13.4. The van der Waals surface area contributed by atoms with Crippen molar-refractivity contribution in [3.05, 3.63) is 18.0 Å². The lowest BCUT2D eigenvalue weighted by atomic mass is 9.89. The van der Waals surface area contributed by atoms with Crippen LogP contribution in [0.3, 0.4) is 0 Å². The van der Waals surface area contributed by atoms with Crippen LogP contribution in [0.1, 0.15) is 18.9 Å². The van der Waals surface area contributed by atoms with Crippen molar-refractivity contribution in [3.63, 3.8) is 0 Å². The normalized spacial score (nSPS) is 24.3. The van der Waals surface area contributed by atoms with Gasteiger partial charge in [-0.2, -0.15) is 13.2 Å². The summed E-state index contributed by atoms with van der Waals surface area (Å²) >= 11 is 0. The zero-order chi connectivity index (χ0) is 17.3. The zero-order valence-electron chi connectivity index (χ0n) is 12.1. The molecular formula is C13H15F5N4O. The molecule has 0 aromatic carbocycles. The number of likely N-dealkylation sites (tertiary alicyclic amines) is 1. The fraction of sp³-hybridized carbons (Fsp3) is 0.615. The van der Waals surface area contributed by atoms with Gasteiger partial charge in [0.15, 0.2) is 0 Å². The van der Waals surface area contributed by atoms with E-state index in [2.05, 4.69) is 15.3 Å². The molecule has 0 bridgehead atoms. The molecule has 2 heterocycles. The Morgan fingerprint density at radius 2 is 2.00 bits per heavy atom. The molecule has 0 saturated carbocycles. The van der Waals surface area contributed by atoms with Crippen molar-refractivity contribution >= 4 is 12.4 Å². The number of rotatable bonds is 4. The van der Waals surface area contributed by atoms with Crippen LogP contribution in [0.2, 0.25) is 0 Å². The van der Waals surface area contributed by atoms with Crippen molar-refractivity contribution in [2.45, 2.75) is 31.5 Å². The highest BCUT2D eigenvalue weighted by Gasteiger charge is 2.43. The number of piperidine rings is 1. The standard InChI is InChI=1S/C13H15F5N4O/c1-8-2-12(14,15)6-22(7-23)10(8)5-21-11-19-3-9(4-20-11)13(16,17)18/h3-4,7-8,10H,2,5-6H2,1H3,(H,19,20,21). The molecule has 2 atom stereocenters. The smallest absolute Gasteiger partial charge is 0.352 e. The first-order chi connectivity index (χ1) is 10.6. The van der Waals surface area contributed by atoms with Crippen LogP contribution >= 0.6 is 0 Å². The first kappa shape index (κ1) is 17.4. The van der Waals surface area contributed by atoms with Crippen LogP contribution in [0.15, 0.2) is 12.4 Å². The highest BCUT2D eigenvalue weighted by Crippen LogP contribution is 2.33. The van der Waals surface area contributed by atoms with Crippen molar-refractivity contribution < 1.29 is 26.7 Å². The SMILES string of the molecule is CC1CC(F)(F)CN(C=O)C1CNc1ncc(C(F)(F)F)cn1. The van der Waals surface area contributed by atoms with Gasteiger partial charge in [-0.15, -0.1) is 0 Å². The highest BCUT2D eigenvalue weighted by molar-refractivity contribution is 5.49. The summed E-state index contributed by atoms with van der Waals surface area (Å²) in [7, 11) is 0. The lowest BCUT2D eigenvalue weighted by Crippen LogP contribution is -2.54. The van der Waals surface area contributed by atoms with E-state index in [1.807, 2.05) is 0 Å². The third-order valence-corrected chi connectivity index (χ3v) is 3.70. The molecule has 0 aliphatic carbocycles. The van der Waals surface area contributed by atoms with E-state index in [0.29, 0.717) is 18.8 Å². The summed E-state index contributed by atoms with van der Waals surface area (Å²) in [5.41, 5.74) is -0.983. The number of amides is 1. The summed E-state index contributed by atoms with van der Waals surface area (Å²) in [6, 6.07) is -0.516. The summed E-state index contributed by atoms with van der Waals surface area (Å²) in [5.74, 6) is -3.49. The second kappa shape index (κ2) is 6.25. The van der Waals surface area contributed by atoms with Gasteiger partial charge in [-0.3, -0.25) is 4.79 Å². The summed E-state index contributed by atoms with van der Waals surface area (Å²) in [6.45, 7) is 0.978. The zero-order valence-corrected chi connectivity index (χ0v) is 12.1. The fourth-order valence-electron chi connectivity index (χ4n) is 2.58. The van der Waals surface area contributed by atoms with Gasteiger partial charge in [-0.1, -0.05) is 6.92 Å². The minimum Gasteiger partial charge on any atom is -0.352 e. The predicted molar refractivity (Wildman–Crippen MR) is 70.8 cm³/mol. The van der Waals surface area contributed by atoms with Crippen LogP contribution in [-0.2, 0) is 11.0 Å². The number of anilines is 1. The summed E-state index contributed by atoms with van der Waals surface area (Å²) < 4.78 is 64.1. The van der Waals surface area contributed by atoms with Gasteiger partial charge in [-0.25, -0.2) is 18.7 Å². The van der Waals surface area contributed by atoms with Gasteiger partial charge < -0.3 is 10.2 Å². The largest absolute Gasteiger partial charge is 0.419 e. The van der Waals surface area contributed by atoms with Crippen LogP contribution in [0.25, 0.3) is 0 Å². The topological polar surface area (TPSA) is 58.1 Å². The molecule has 10 heteroatoms. The van der Waals surface area contributed by atoms with Gasteiger partial charge in [0.2, 0.25) is 12.4 Å². The molecule has 1 saturated heterocycles. The molecule has 1 aliphatic heterocycles. The van der Waals surface area contributed by atoms with E-state index in [1.54, 1.807) is 6.92 Å². The molecule has 23 heavy (non-hydrogen) atoms. The molecule has 2 unspecified atom stereocenters. The van der Waals surface area contributed by atoms with E-state index >= 15 is 0 Å². The van der Waals surface area contributed by atoms with Crippen LogP contribution in [0, 0.1) is 5.92 Å². The number of aromatic nitrogens is 2. The molecule has 0 spiro atoms. The third kappa shape index (κ3) is 4.26. The number of carbonyl (C=O) groups excluding carboxylic acids is 1. The van der Waals surface area contributed by atoms with Crippen LogP contribution < -0.4 is 5.32 Å². The van der Waals surface area contributed by atoms with E-state index < -0.39 is 36.2 Å². The lowest BCUT2D eigenvalue weighted by molar-refractivity contribution is -0.139. The van der Waals surface area contributed by atoms with E-state index in [9.17, 15) is 26.7 Å². The minimum atomic E-state index is -4.53. The van der Waals surface area contributed by atoms with Gasteiger partial charge in [-0.05, 0) is 5.92 Å². The average molecular weight is 338 g/mol. The van der Waals surface area contributed by atoms with Gasteiger partial charge in [0.25, 0.3) is 5.92 Å². The molecule has 5 nitrogen and oxygen atoms in total.